The van der Waals surface area contributed by atoms with Crippen molar-refractivity contribution in [3.05, 3.63) is 41.4 Å². The van der Waals surface area contributed by atoms with Gasteiger partial charge < -0.3 is 15.8 Å². The Hall–Kier alpha value is -3.45. The Labute approximate surface area is 206 Å². The van der Waals surface area contributed by atoms with Crippen LogP contribution in [0.4, 0.5) is 20.8 Å². The number of sulfonamides is 1. The fourth-order valence-corrected chi connectivity index (χ4v) is 3.91. The maximum atomic E-state index is 15.4. The van der Waals surface area contributed by atoms with Gasteiger partial charge in [0.1, 0.15) is 11.8 Å². The summed E-state index contributed by atoms with van der Waals surface area (Å²) < 4.78 is 47.5. The van der Waals surface area contributed by atoms with E-state index in [2.05, 4.69) is 25.1 Å². The molecule has 11 nitrogen and oxygen atoms in total. The molecule has 188 valence electrons. The Bertz CT molecular complexity index is 1350. The molecule has 0 aliphatic carbocycles. The molecule has 0 unspecified atom stereocenters. The number of amides is 1. The van der Waals surface area contributed by atoms with Crippen molar-refractivity contribution < 1.29 is 22.3 Å². The van der Waals surface area contributed by atoms with E-state index < -0.39 is 28.0 Å². The van der Waals surface area contributed by atoms with Gasteiger partial charge in [-0.3, -0.25) is 9.40 Å². The fraction of sp³-hybridized carbons (Fsp3) is 0.333. The van der Waals surface area contributed by atoms with E-state index in [1.165, 1.54) is 18.3 Å². The molecule has 1 aromatic carbocycles. The number of halogens is 2. The number of anilines is 2. The highest BCUT2D eigenvalue weighted by molar-refractivity contribution is 7.92. The largest absolute Gasteiger partial charge is 0.445 e. The summed E-state index contributed by atoms with van der Waals surface area (Å²) in [7, 11) is -3.75. The van der Waals surface area contributed by atoms with Crippen molar-refractivity contribution in [2.45, 2.75) is 32.9 Å². The molecule has 0 radical (unpaired) electrons. The van der Waals surface area contributed by atoms with Crippen LogP contribution in [0.1, 0.15) is 26.8 Å². The molecule has 2 heterocycles. The first kappa shape index (κ1) is 26.2. The highest BCUT2D eigenvalue weighted by atomic mass is 35.5. The normalized spacial score (nSPS) is 12.4. The molecule has 0 aliphatic heterocycles. The maximum Gasteiger partial charge on any atom is 0.404 e. The average molecular weight is 526 g/mol. The molecule has 0 aliphatic rings. The first-order valence-corrected chi connectivity index (χ1v) is 12.7. The molecule has 1 amide bonds. The van der Waals surface area contributed by atoms with E-state index in [0.717, 1.165) is 6.26 Å². The minimum Gasteiger partial charge on any atom is -0.445 e. The van der Waals surface area contributed by atoms with Gasteiger partial charge in [-0.05, 0) is 39.0 Å². The second-order valence-electron chi connectivity index (χ2n) is 8.05. The van der Waals surface area contributed by atoms with Gasteiger partial charge in [-0.15, -0.1) is 0 Å². The number of hydrogen-bond donors (Lipinski definition) is 3. The van der Waals surface area contributed by atoms with E-state index in [1.807, 2.05) is 13.8 Å². The van der Waals surface area contributed by atoms with Crippen molar-refractivity contribution in [2.24, 2.45) is 5.73 Å². The van der Waals surface area contributed by atoms with Crippen molar-refractivity contribution in [1.82, 2.24) is 19.7 Å². The molecule has 3 aromatic rings. The van der Waals surface area contributed by atoms with Crippen LogP contribution in [-0.2, 0) is 14.8 Å². The smallest absolute Gasteiger partial charge is 0.404 e. The number of carbonyl (C=O) groups excluding carboxylic acids is 1. The Kier molecular flexibility index (Phi) is 7.80. The summed E-state index contributed by atoms with van der Waals surface area (Å²) in [5.74, 6) is -0.600. The quantitative estimate of drug-likeness (QED) is 0.382. The van der Waals surface area contributed by atoms with Gasteiger partial charge in [0.25, 0.3) is 0 Å². The lowest BCUT2D eigenvalue weighted by atomic mass is 10.0. The minimum absolute atomic E-state index is 0.00495. The molecule has 4 N–H and O–H groups in total. The standard InChI is InChI=1S/C21H25ClFN7O4S/c1-11(2)30-10-15(16-5-6-25-21(27-16)26-9-12(3)34-20(24)31)19(28-30)14-7-13(22)8-17(18(14)23)29-35(4,32)33/h5-8,10-12,29H,9H2,1-4H3,(H2,24,31)(H,25,26,27)/t12-/m0/s1. The average Bonchev–Trinajstić information content (AvgIpc) is 3.19. The van der Waals surface area contributed by atoms with Crippen LogP contribution >= 0.6 is 11.6 Å². The predicted molar refractivity (Wildman–Crippen MR) is 131 cm³/mol. The number of ether oxygens (including phenoxy) is 1. The number of rotatable bonds is 9. The number of aromatic nitrogens is 4. The number of nitrogens with zero attached hydrogens (tertiary/aromatic N) is 4. The first-order valence-electron chi connectivity index (χ1n) is 10.4. The summed E-state index contributed by atoms with van der Waals surface area (Å²) in [6.45, 7) is 5.65. The second kappa shape index (κ2) is 10.4. The third kappa shape index (κ3) is 6.79. The van der Waals surface area contributed by atoms with Gasteiger partial charge in [-0.2, -0.15) is 5.10 Å². The molecular formula is C21H25ClFN7O4S. The number of carbonyl (C=O) groups is 1. The monoisotopic (exact) mass is 525 g/mol. The molecule has 35 heavy (non-hydrogen) atoms. The van der Waals surface area contributed by atoms with Gasteiger partial charge in [0.2, 0.25) is 16.0 Å². The molecule has 0 bridgehead atoms. The summed E-state index contributed by atoms with van der Waals surface area (Å²) >= 11 is 6.18. The lowest BCUT2D eigenvalue weighted by Gasteiger charge is -2.13. The first-order chi connectivity index (χ1) is 16.3. The number of benzene rings is 1. The van der Waals surface area contributed by atoms with Crippen LogP contribution < -0.4 is 15.8 Å². The van der Waals surface area contributed by atoms with E-state index >= 15 is 4.39 Å². The van der Waals surface area contributed by atoms with Gasteiger partial charge in [0.15, 0.2) is 5.82 Å². The van der Waals surface area contributed by atoms with Crippen LogP contribution in [0.15, 0.2) is 30.6 Å². The van der Waals surface area contributed by atoms with Gasteiger partial charge in [0.05, 0.1) is 24.2 Å². The lowest BCUT2D eigenvalue weighted by molar-refractivity contribution is 0.122. The highest BCUT2D eigenvalue weighted by Gasteiger charge is 2.22. The molecule has 0 saturated heterocycles. The molecule has 2 aromatic heterocycles. The fourth-order valence-electron chi connectivity index (χ4n) is 3.15. The van der Waals surface area contributed by atoms with Gasteiger partial charge in [0, 0.05) is 34.6 Å². The molecular weight excluding hydrogens is 501 g/mol. The van der Waals surface area contributed by atoms with E-state index in [9.17, 15) is 13.2 Å². The molecule has 0 spiro atoms. The summed E-state index contributed by atoms with van der Waals surface area (Å²) in [5.41, 5.74) is 5.82. The minimum atomic E-state index is -3.75. The molecule has 0 fully saturated rings. The van der Waals surface area contributed by atoms with Crippen LogP contribution in [0.2, 0.25) is 5.02 Å². The SMILES string of the molecule is CC(C)n1cc(-c2ccnc(NC[C@H](C)OC(N)=O)n2)c(-c2cc(Cl)cc(NS(C)(=O)=O)c2F)n1. The number of hydrogen-bond acceptors (Lipinski definition) is 8. The highest BCUT2D eigenvalue weighted by Crippen LogP contribution is 2.37. The molecule has 3 rings (SSSR count). The number of nitrogens with one attached hydrogen (secondary N) is 2. The van der Waals surface area contributed by atoms with Crippen molar-refractivity contribution in [3.8, 4) is 22.5 Å². The van der Waals surface area contributed by atoms with Crippen LogP contribution in [0.5, 0.6) is 0 Å². The Balaban J connectivity index is 2.06. The van der Waals surface area contributed by atoms with Crippen LogP contribution in [0, 0.1) is 5.82 Å². The van der Waals surface area contributed by atoms with Gasteiger partial charge in [-0.25, -0.2) is 27.6 Å². The van der Waals surface area contributed by atoms with Crippen LogP contribution in [-0.4, -0.2) is 53.2 Å². The molecule has 0 saturated carbocycles. The predicted octanol–water partition coefficient (Wildman–Crippen LogP) is 3.65. The molecule has 1 atom stereocenters. The van der Waals surface area contributed by atoms with Crippen molar-refractivity contribution in [3.63, 3.8) is 0 Å². The zero-order chi connectivity index (χ0) is 25.9. The Morgan fingerprint density at radius 1 is 1.29 bits per heavy atom. The zero-order valence-corrected chi connectivity index (χ0v) is 21.0. The Morgan fingerprint density at radius 2 is 2.00 bits per heavy atom. The third-order valence-corrected chi connectivity index (χ3v) is 5.45. The third-order valence-electron chi connectivity index (χ3n) is 4.65. The van der Waals surface area contributed by atoms with E-state index in [4.69, 9.17) is 22.1 Å². The van der Waals surface area contributed by atoms with Crippen molar-refractivity contribution in [1.29, 1.82) is 0 Å². The molecule has 14 heteroatoms. The zero-order valence-electron chi connectivity index (χ0n) is 19.4. The maximum absolute atomic E-state index is 15.4. The number of nitrogens with two attached hydrogens (primary N) is 1. The second-order valence-corrected chi connectivity index (χ2v) is 10.2. The van der Waals surface area contributed by atoms with Crippen LogP contribution in [0.25, 0.3) is 22.5 Å². The van der Waals surface area contributed by atoms with Gasteiger partial charge in [-0.1, -0.05) is 11.6 Å². The van der Waals surface area contributed by atoms with Crippen molar-refractivity contribution >= 4 is 39.4 Å². The van der Waals surface area contributed by atoms with Crippen molar-refractivity contribution in [2.75, 3.05) is 22.8 Å². The number of primary amides is 1. The van der Waals surface area contributed by atoms with E-state index in [-0.39, 0.29) is 40.5 Å². The summed E-state index contributed by atoms with van der Waals surface area (Å²) in [5, 5.41) is 7.59. The summed E-state index contributed by atoms with van der Waals surface area (Å²) in [4.78, 5) is 19.5. The summed E-state index contributed by atoms with van der Waals surface area (Å²) in [6, 6.07) is 4.11. The Morgan fingerprint density at radius 3 is 2.63 bits per heavy atom. The van der Waals surface area contributed by atoms with E-state index in [1.54, 1.807) is 23.9 Å². The van der Waals surface area contributed by atoms with E-state index in [0.29, 0.717) is 11.3 Å². The topological polar surface area (TPSA) is 154 Å². The lowest BCUT2D eigenvalue weighted by Crippen LogP contribution is -2.26. The summed E-state index contributed by atoms with van der Waals surface area (Å²) in [6.07, 6.45) is 2.70. The van der Waals surface area contributed by atoms with Gasteiger partial charge >= 0.3 is 6.09 Å². The van der Waals surface area contributed by atoms with Crippen LogP contribution in [0.3, 0.4) is 0 Å².